The first-order valence-corrected chi connectivity index (χ1v) is 13.7. The van der Waals surface area contributed by atoms with Crippen molar-refractivity contribution in [1.29, 1.82) is 0 Å². The van der Waals surface area contributed by atoms with Crippen molar-refractivity contribution in [3.05, 3.63) is 60.7 Å². The molecular weight excluding hydrogens is 462 g/mol. The van der Waals surface area contributed by atoms with Gasteiger partial charge in [-0.2, -0.15) is 0 Å². The van der Waals surface area contributed by atoms with Crippen molar-refractivity contribution >= 4 is 47.6 Å². The van der Waals surface area contributed by atoms with Gasteiger partial charge in [0.15, 0.2) is 0 Å². The molecule has 0 saturated heterocycles. The molecule has 0 fully saturated rings. The van der Waals surface area contributed by atoms with Gasteiger partial charge in [-0.05, 0) is 0 Å². The summed E-state index contributed by atoms with van der Waals surface area (Å²) in [6.07, 6.45) is 0. The first-order chi connectivity index (χ1) is 12.7. The predicted octanol–water partition coefficient (Wildman–Crippen LogP) is -0.713. The maximum absolute atomic E-state index is 6.02. The fourth-order valence-electron chi connectivity index (χ4n) is 2.38. The van der Waals surface area contributed by atoms with Gasteiger partial charge in [0.05, 0.1) is 0 Å². The van der Waals surface area contributed by atoms with Crippen LogP contribution in [0.3, 0.4) is 0 Å². The molecular formula is C16H14N8Se2. The quantitative estimate of drug-likeness (QED) is 0.368. The van der Waals surface area contributed by atoms with Crippen molar-refractivity contribution in [3.63, 3.8) is 0 Å². The van der Waals surface area contributed by atoms with E-state index in [0.717, 1.165) is 20.8 Å². The molecule has 0 aliphatic rings. The number of nitrogens with two attached hydrogens (primary N) is 2. The van der Waals surface area contributed by atoms with Gasteiger partial charge in [0.1, 0.15) is 0 Å². The summed E-state index contributed by atoms with van der Waals surface area (Å²) in [5.41, 5.74) is 13.9. The van der Waals surface area contributed by atoms with Crippen LogP contribution in [0.15, 0.2) is 60.7 Å². The van der Waals surface area contributed by atoms with Crippen molar-refractivity contribution in [2.45, 2.75) is 0 Å². The number of para-hydroxylation sites is 2. The summed E-state index contributed by atoms with van der Waals surface area (Å²) in [6, 6.07) is 19.7. The first kappa shape index (κ1) is 16.8. The zero-order valence-electron chi connectivity index (χ0n) is 13.4. The Morgan fingerprint density at radius 3 is 1.35 bits per heavy atom. The van der Waals surface area contributed by atoms with E-state index < -0.39 is 0 Å². The number of hydrogen-bond acceptors (Lipinski definition) is 6. The van der Waals surface area contributed by atoms with Crippen molar-refractivity contribution in [2.75, 3.05) is 11.5 Å². The van der Waals surface area contributed by atoms with Crippen LogP contribution in [-0.2, 0) is 0 Å². The molecule has 0 radical (unpaired) electrons. The SMILES string of the molecule is Nc1nnc([Se][Se]c2nnc(N)n2-c2ccccc2)n1-c1ccccc1. The van der Waals surface area contributed by atoms with E-state index in [9.17, 15) is 0 Å². The van der Waals surface area contributed by atoms with E-state index >= 15 is 0 Å². The van der Waals surface area contributed by atoms with Crippen LogP contribution < -0.4 is 20.9 Å². The maximum atomic E-state index is 6.02. The van der Waals surface area contributed by atoms with E-state index in [1.807, 2.05) is 69.8 Å². The number of aromatic nitrogens is 6. The molecule has 2 aromatic heterocycles. The standard InChI is InChI=1S/C16H14N8Se2/c17-13-19-21-15(23(13)11-7-3-1-4-8-11)25-26-16-22-20-14(18)24(16)12-9-5-2-6-10-12/h1-10H,(H2,17,19)(H2,18,20). The Bertz CT molecular complexity index is 930. The first-order valence-electron chi connectivity index (χ1n) is 7.61. The molecule has 4 aromatic rings. The number of rotatable bonds is 5. The number of hydrogen-bond donors (Lipinski definition) is 2. The van der Waals surface area contributed by atoms with Gasteiger partial charge in [0.2, 0.25) is 0 Å². The Morgan fingerprint density at radius 1 is 0.577 bits per heavy atom. The van der Waals surface area contributed by atoms with Crippen LogP contribution in [0, 0.1) is 0 Å². The van der Waals surface area contributed by atoms with E-state index in [0.29, 0.717) is 11.9 Å². The molecule has 0 atom stereocenters. The van der Waals surface area contributed by atoms with Gasteiger partial charge in [-0.15, -0.1) is 0 Å². The molecule has 130 valence electrons. The minimum atomic E-state index is 0.0134. The van der Waals surface area contributed by atoms with E-state index in [-0.39, 0.29) is 26.3 Å². The fraction of sp³-hybridized carbons (Fsp3) is 0. The third-order valence-electron chi connectivity index (χ3n) is 3.54. The molecule has 0 aliphatic carbocycles. The Kier molecular flexibility index (Phi) is 4.72. The number of benzene rings is 2. The molecule has 4 rings (SSSR count). The van der Waals surface area contributed by atoms with Crippen molar-refractivity contribution < 1.29 is 0 Å². The Balaban J connectivity index is 1.62. The molecule has 8 nitrogen and oxygen atoms in total. The molecule has 0 bridgehead atoms. The molecule has 0 spiro atoms. The normalized spacial score (nSPS) is 10.9. The summed E-state index contributed by atoms with van der Waals surface area (Å²) in [4.78, 5) is 0. The van der Waals surface area contributed by atoms with Gasteiger partial charge in [0.25, 0.3) is 0 Å². The van der Waals surface area contributed by atoms with Crippen molar-refractivity contribution in [2.24, 2.45) is 0 Å². The van der Waals surface area contributed by atoms with Gasteiger partial charge >= 0.3 is 161 Å². The van der Waals surface area contributed by atoms with Crippen molar-refractivity contribution in [1.82, 2.24) is 29.5 Å². The van der Waals surface area contributed by atoms with Crippen LogP contribution in [0.25, 0.3) is 11.4 Å². The fourth-order valence-corrected chi connectivity index (χ4v) is 8.13. The van der Waals surface area contributed by atoms with E-state index in [1.165, 1.54) is 0 Å². The second kappa shape index (κ2) is 7.31. The summed E-state index contributed by atoms with van der Waals surface area (Å²) in [7, 11) is 0. The van der Waals surface area contributed by atoms with Gasteiger partial charge < -0.3 is 0 Å². The Labute approximate surface area is 160 Å². The van der Waals surface area contributed by atoms with Crippen LogP contribution >= 0.6 is 0 Å². The van der Waals surface area contributed by atoms with Crippen molar-refractivity contribution in [3.8, 4) is 11.4 Å². The Hall–Kier alpha value is -2.64. The summed E-state index contributed by atoms with van der Waals surface area (Å²) >= 11 is 0.0267. The second-order valence-corrected chi connectivity index (χ2v) is 11.1. The molecule has 26 heavy (non-hydrogen) atoms. The van der Waals surface area contributed by atoms with Crippen LogP contribution in [0.2, 0.25) is 0 Å². The van der Waals surface area contributed by atoms with Gasteiger partial charge in [-0.25, -0.2) is 0 Å². The monoisotopic (exact) mass is 478 g/mol. The van der Waals surface area contributed by atoms with Crippen LogP contribution in [0.5, 0.6) is 0 Å². The molecule has 0 aliphatic heterocycles. The molecule has 0 amide bonds. The predicted molar refractivity (Wildman–Crippen MR) is 102 cm³/mol. The molecule has 0 unspecified atom stereocenters. The van der Waals surface area contributed by atoms with Crippen LogP contribution in [0.1, 0.15) is 0 Å². The van der Waals surface area contributed by atoms with Crippen LogP contribution in [-0.4, -0.2) is 55.8 Å². The third kappa shape index (κ3) is 3.23. The van der Waals surface area contributed by atoms with Gasteiger partial charge in [0, 0.05) is 0 Å². The summed E-state index contributed by atoms with van der Waals surface area (Å²) in [6.45, 7) is 0. The van der Waals surface area contributed by atoms with E-state index in [2.05, 4.69) is 20.4 Å². The molecule has 2 aromatic carbocycles. The molecule has 0 saturated carbocycles. The zero-order chi connectivity index (χ0) is 17.9. The second-order valence-electron chi connectivity index (χ2n) is 5.19. The molecule has 4 N–H and O–H groups in total. The average molecular weight is 476 g/mol. The average Bonchev–Trinajstić information content (AvgIpc) is 3.23. The van der Waals surface area contributed by atoms with E-state index in [1.54, 1.807) is 0 Å². The zero-order valence-corrected chi connectivity index (χ0v) is 16.9. The molecule has 10 heteroatoms. The van der Waals surface area contributed by atoms with Crippen LogP contribution in [0.4, 0.5) is 11.9 Å². The third-order valence-corrected chi connectivity index (χ3v) is 9.60. The van der Waals surface area contributed by atoms with E-state index in [4.69, 9.17) is 11.5 Å². The van der Waals surface area contributed by atoms with Gasteiger partial charge in [-0.1, -0.05) is 0 Å². The summed E-state index contributed by atoms with van der Waals surface area (Å²) in [5, 5.41) is 16.6. The Morgan fingerprint density at radius 2 is 0.962 bits per heavy atom. The topological polar surface area (TPSA) is 113 Å². The number of nitrogens with zero attached hydrogens (tertiary/aromatic N) is 6. The number of anilines is 2. The van der Waals surface area contributed by atoms with Gasteiger partial charge in [-0.3, -0.25) is 0 Å². The minimum absolute atomic E-state index is 0.0134. The molecule has 2 heterocycles. The number of nitrogen functional groups attached to an aromatic ring is 2. The summed E-state index contributed by atoms with van der Waals surface area (Å²) in [5.74, 6) is 0.765. The summed E-state index contributed by atoms with van der Waals surface area (Å²) < 4.78 is 5.47.